The minimum absolute atomic E-state index is 0.697. The molecule has 2 atom stereocenters. The van der Waals surface area contributed by atoms with Crippen LogP contribution in [-0.2, 0) is 16.1 Å². The maximum absolute atomic E-state index is 13.9. The standard InChI is InChI=1S/C19H18ClF7O2/c1-8-11(21)13(23)9(14(24)12(8)22)7-29-15(28)18(5)16(2,3)17(18,4)6-10(20)19(25,26)27/h6H,7H2,1-5H3/b10-6-/t17-,18+/m1/s1. The maximum Gasteiger partial charge on any atom is 0.426 e. The molecule has 0 unspecified atom stereocenters. The van der Waals surface area contributed by atoms with Crippen molar-refractivity contribution >= 4 is 17.6 Å². The molecule has 1 aromatic carbocycles. The van der Waals surface area contributed by atoms with Gasteiger partial charge in [0.2, 0.25) is 0 Å². The molecule has 2 rings (SSSR count). The van der Waals surface area contributed by atoms with E-state index in [1.54, 1.807) is 0 Å². The third kappa shape index (κ3) is 3.21. The van der Waals surface area contributed by atoms with E-state index in [-0.39, 0.29) is 0 Å². The smallest absolute Gasteiger partial charge is 0.426 e. The minimum atomic E-state index is -4.82. The molecule has 10 heteroatoms. The summed E-state index contributed by atoms with van der Waals surface area (Å²) < 4.78 is 98.5. The van der Waals surface area contributed by atoms with E-state index in [1.807, 2.05) is 0 Å². The molecule has 0 heterocycles. The normalized spacial score (nSPS) is 26.4. The van der Waals surface area contributed by atoms with Gasteiger partial charge in [0.1, 0.15) is 11.6 Å². The number of rotatable bonds is 4. The molecule has 0 bridgehead atoms. The second-order valence-corrected chi connectivity index (χ2v) is 8.29. The fraction of sp³-hybridized carbons (Fsp3) is 0.526. The van der Waals surface area contributed by atoms with E-state index in [4.69, 9.17) is 16.3 Å². The molecule has 1 aliphatic rings. The van der Waals surface area contributed by atoms with E-state index >= 15 is 0 Å². The average molecular weight is 447 g/mol. The Balaban J connectivity index is 2.33. The Bertz CT molecular complexity index is 878. The number of hydrogen-bond acceptors (Lipinski definition) is 2. The Hall–Kier alpha value is -1.77. The molecule has 29 heavy (non-hydrogen) atoms. The number of hydrogen-bond donors (Lipinski definition) is 0. The highest BCUT2D eigenvalue weighted by Gasteiger charge is 2.81. The number of esters is 1. The third-order valence-electron chi connectivity index (χ3n) is 6.54. The van der Waals surface area contributed by atoms with E-state index in [2.05, 4.69) is 0 Å². The number of ether oxygens (including phenoxy) is 1. The highest BCUT2D eigenvalue weighted by Crippen LogP contribution is 2.79. The van der Waals surface area contributed by atoms with Gasteiger partial charge < -0.3 is 4.74 Å². The van der Waals surface area contributed by atoms with Crippen molar-refractivity contribution in [1.82, 2.24) is 0 Å². The summed E-state index contributed by atoms with van der Waals surface area (Å²) >= 11 is 5.31. The largest absolute Gasteiger partial charge is 0.460 e. The summed E-state index contributed by atoms with van der Waals surface area (Å²) in [4.78, 5) is 12.6. The summed E-state index contributed by atoms with van der Waals surface area (Å²) in [6.07, 6.45) is -4.13. The quantitative estimate of drug-likeness (QED) is 0.307. The van der Waals surface area contributed by atoms with Gasteiger partial charge in [0.25, 0.3) is 0 Å². The van der Waals surface area contributed by atoms with Crippen LogP contribution in [0.25, 0.3) is 0 Å². The van der Waals surface area contributed by atoms with Crippen molar-refractivity contribution in [2.24, 2.45) is 16.2 Å². The molecular weight excluding hydrogens is 429 g/mol. The van der Waals surface area contributed by atoms with Gasteiger partial charge in [-0.2, -0.15) is 13.2 Å². The maximum atomic E-state index is 13.9. The molecule has 0 spiro atoms. The molecule has 0 aliphatic heterocycles. The summed E-state index contributed by atoms with van der Waals surface area (Å²) in [5, 5.41) is -1.43. The lowest BCUT2D eigenvalue weighted by atomic mass is 9.95. The summed E-state index contributed by atoms with van der Waals surface area (Å²) in [6.45, 7) is 5.37. The Kier molecular flexibility index (Phi) is 5.58. The highest BCUT2D eigenvalue weighted by atomic mass is 35.5. The number of alkyl halides is 3. The van der Waals surface area contributed by atoms with Crippen LogP contribution in [0.4, 0.5) is 30.7 Å². The fourth-order valence-electron chi connectivity index (χ4n) is 3.71. The van der Waals surface area contributed by atoms with Gasteiger partial charge in [0.15, 0.2) is 23.3 Å². The average Bonchev–Trinajstić information content (AvgIpc) is 2.96. The van der Waals surface area contributed by atoms with Crippen LogP contribution in [0.1, 0.15) is 38.8 Å². The predicted molar refractivity (Wildman–Crippen MR) is 90.8 cm³/mol. The van der Waals surface area contributed by atoms with Crippen molar-refractivity contribution in [3.63, 3.8) is 0 Å². The van der Waals surface area contributed by atoms with Crippen molar-refractivity contribution in [2.45, 2.75) is 47.4 Å². The van der Waals surface area contributed by atoms with E-state index in [0.717, 1.165) is 6.92 Å². The van der Waals surface area contributed by atoms with E-state index in [9.17, 15) is 35.5 Å². The molecule has 1 fully saturated rings. The van der Waals surface area contributed by atoms with Gasteiger partial charge in [0.05, 0.1) is 11.0 Å². The van der Waals surface area contributed by atoms with Gasteiger partial charge in [-0.1, -0.05) is 38.4 Å². The van der Waals surface area contributed by atoms with Gasteiger partial charge in [-0.15, -0.1) is 0 Å². The van der Waals surface area contributed by atoms with Crippen LogP contribution >= 0.6 is 11.6 Å². The van der Waals surface area contributed by atoms with Crippen molar-refractivity contribution in [3.8, 4) is 0 Å². The molecule has 1 aromatic rings. The van der Waals surface area contributed by atoms with Crippen LogP contribution in [0.5, 0.6) is 0 Å². The lowest BCUT2D eigenvalue weighted by Crippen LogP contribution is -2.24. The van der Waals surface area contributed by atoms with Gasteiger partial charge in [-0.25, -0.2) is 17.6 Å². The Morgan fingerprint density at radius 1 is 1.00 bits per heavy atom. The number of benzene rings is 1. The first-order chi connectivity index (χ1) is 12.9. The molecular formula is C19H18ClF7O2. The Morgan fingerprint density at radius 2 is 1.45 bits per heavy atom. The highest BCUT2D eigenvalue weighted by molar-refractivity contribution is 6.30. The molecule has 0 radical (unpaired) electrons. The fourth-order valence-corrected chi connectivity index (χ4v) is 3.92. The van der Waals surface area contributed by atoms with Gasteiger partial charge in [-0.3, -0.25) is 4.79 Å². The molecule has 0 N–H and O–H groups in total. The number of allylic oxidation sites excluding steroid dienone is 2. The van der Waals surface area contributed by atoms with Crippen molar-refractivity contribution in [1.29, 1.82) is 0 Å². The SMILES string of the molecule is Cc1c(F)c(F)c(COC(=O)[C@@]2(C)C(C)(C)[C@@]2(C)/C=C(\Cl)C(F)(F)F)c(F)c1F. The molecule has 1 saturated carbocycles. The lowest BCUT2D eigenvalue weighted by Gasteiger charge is -2.17. The van der Waals surface area contributed by atoms with Crippen LogP contribution in [0, 0.1) is 46.4 Å². The number of halogens is 8. The predicted octanol–water partition coefficient (Wildman–Crippen LogP) is 6.33. The minimum Gasteiger partial charge on any atom is -0.460 e. The monoisotopic (exact) mass is 446 g/mol. The van der Waals surface area contributed by atoms with Crippen LogP contribution < -0.4 is 0 Å². The molecule has 0 aromatic heterocycles. The third-order valence-corrected chi connectivity index (χ3v) is 6.86. The first-order valence-corrected chi connectivity index (χ1v) is 8.77. The van der Waals surface area contributed by atoms with Crippen molar-refractivity contribution in [3.05, 3.63) is 45.5 Å². The number of carbonyl (C=O) groups is 1. The van der Waals surface area contributed by atoms with E-state index < -0.39 is 74.4 Å². The molecule has 162 valence electrons. The van der Waals surface area contributed by atoms with E-state index in [0.29, 0.717) is 6.08 Å². The zero-order chi connectivity index (χ0) is 22.7. The molecule has 1 aliphatic carbocycles. The molecule has 0 saturated heterocycles. The Morgan fingerprint density at radius 3 is 1.86 bits per heavy atom. The topological polar surface area (TPSA) is 26.3 Å². The second-order valence-electron chi connectivity index (χ2n) is 7.88. The first-order valence-electron chi connectivity index (χ1n) is 8.39. The first kappa shape index (κ1) is 23.5. The van der Waals surface area contributed by atoms with Crippen LogP contribution in [0.3, 0.4) is 0 Å². The van der Waals surface area contributed by atoms with Crippen molar-refractivity contribution in [2.75, 3.05) is 0 Å². The van der Waals surface area contributed by atoms with Crippen LogP contribution in [-0.4, -0.2) is 12.1 Å². The van der Waals surface area contributed by atoms with Crippen LogP contribution in [0.15, 0.2) is 11.1 Å². The van der Waals surface area contributed by atoms with Gasteiger partial charge in [0, 0.05) is 11.0 Å². The summed E-state index contributed by atoms with van der Waals surface area (Å²) in [5.74, 6) is -7.77. The molecule has 0 amide bonds. The second kappa shape index (κ2) is 6.89. The lowest BCUT2D eigenvalue weighted by molar-refractivity contribution is -0.153. The van der Waals surface area contributed by atoms with E-state index in [1.165, 1.54) is 27.7 Å². The summed E-state index contributed by atoms with van der Waals surface area (Å²) in [5.41, 5.74) is -6.01. The number of carbonyl (C=O) groups excluding carboxylic acids is 1. The zero-order valence-electron chi connectivity index (χ0n) is 16.1. The zero-order valence-corrected chi connectivity index (χ0v) is 16.9. The summed E-state index contributed by atoms with van der Waals surface area (Å²) in [6, 6.07) is 0. The molecule has 2 nitrogen and oxygen atoms in total. The summed E-state index contributed by atoms with van der Waals surface area (Å²) in [7, 11) is 0. The van der Waals surface area contributed by atoms with Crippen LogP contribution in [0.2, 0.25) is 0 Å². The van der Waals surface area contributed by atoms with Crippen molar-refractivity contribution < 1.29 is 40.3 Å². The van der Waals surface area contributed by atoms with Gasteiger partial charge >= 0.3 is 12.1 Å². The Labute approximate surface area is 167 Å². The van der Waals surface area contributed by atoms with Gasteiger partial charge in [-0.05, 0) is 19.3 Å².